The zero-order chi connectivity index (χ0) is 16.0. The average Bonchev–Trinajstić information content (AvgIpc) is 2.58. The first-order valence-corrected chi connectivity index (χ1v) is 11.1. The van der Waals surface area contributed by atoms with E-state index in [1.165, 1.54) is 30.3 Å². The predicted molar refractivity (Wildman–Crippen MR) is 92.8 cm³/mol. The van der Waals surface area contributed by atoms with Gasteiger partial charge in [0.2, 0.25) is 0 Å². The molecule has 1 aliphatic heterocycles. The largest absolute Gasteiger partial charge is 0.373 e. The van der Waals surface area contributed by atoms with Gasteiger partial charge >= 0.3 is 0 Å². The highest BCUT2D eigenvalue weighted by Gasteiger charge is 2.26. The zero-order valence-electron chi connectivity index (χ0n) is 14.0. The summed E-state index contributed by atoms with van der Waals surface area (Å²) in [5.41, 5.74) is 4.77. The Bertz CT molecular complexity index is 516. The first kappa shape index (κ1) is 17.2. The molecule has 120 valence electrons. The highest BCUT2D eigenvalue weighted by atomic mass is 28.3. The highest BCUT2D eigenvalue weighted by molar-refractivity contribution is 6.87. The van der Waals surface area contributed by atoms with Crippen molar-refractivity contribution in [2.75, 3.05) is 6.61 Å². The lowest BCUT2D eigenvalue weighted by atomic mass is 9.92. The zero-order valence-corrected chi connectivity index (χ0v) is 15.0. The van der Waals surface area contributed by atoms with Gasteiger partial charge in [0.1, 0.15) is 13.9 Å². The smallest absolute Gasteiger partial charge is 0.137 e. The topological polar surface area (TPSA) is 9.23 Å². The lowest BCUT2D eigenvalue weighted by molar-refractivity contribution is 0.00105. The maximum absolute atomic E-state index is 13.0. The minimum Gasteiger partial charge on any atom is -0.373 e. The van der Waals surface area contributed by atoms with Crippen LogP contribution in [0.25, 0.3) is 0 Å². The van der Waals surface area contributed by atoms with Crippen molar-refractivity contribution >= 4 is 8.07 Å². The van der Waals surface area contributed by atoms with Crippen LogP contribution in [0, 0.1) is 23.2 Å². The van der Waals surface area contributed by atoms with Crippen molar-refractivity contribution in [2.45, 2.75) is 57.8 Å². The van der Waals surface area contributed by atoms with Gasteiger partial charge in [-0.2, -0.15) is 0 Å². The molecule has 22 heavy (non-hydrogen) atoms. The van der Waals surface area contributed by atoms with Crippen LogP contribution < -0.4 is 0 Å². The summed E-state index contributed by atoms with van der Waals surface area (Å²) < 4.78 is 18.9. The van der Waals surface area contributed by atoms with Crippen molar-refractivity contribution in [1.82, 2.24) is 0 Å². The monoisotopic (exact) mass is 318 g/mol. The molecular formula is C19H27FOSi. The van der Waals surface area contributed by atoms with Gasteiger partial charge in [0.05, 0.1) is 6.10 Å². The Morgan fingerprint density at radius 2 is 1.77 bits per heavy atom. The van der Waals surface area contributed by atoms with Crippen molar-refractivity contribution in [3.8, 4) is 11.5 Å². The third kappa shape index (κ3) is 4.21. The summed E-state index contributed by atoms with van der Waals surface area (Å²) >= 11 is 0. The molecule has 0 N–H and O–H groups in total. The standard InChI is InChI=1S/C19H27FOSi/c1-4-22(5-2,6-3)14-12-16-11-13-21-19(15-16)17-7-9-18(20)10-8-17/h7-10,16,19H,4-6,11,13,15H2,1-3H3/t16-,19-/m1/s1. The summed E-state index contributed by atoms with van der Waals surface area (Å²) in [6, 6.07) is 10.4. The van der Waals surface area contributed by atoms with Gasteiger partial charge in [-0.1, -0.05) is 32.9 Å². The maximum Gasteiger partial charge on any atom is 0.137 e. The van der Waals surface area contributed by atoms with E-state index < -0.39 is 8.07 Å². The summed E-state index contributed by atoms with van der Waals surface area (Å²) in [6.07, 6.45) is 2.02. The molecule has 1 saturated heterocycles. The number of ether oxygens (including phenoxy) is 1. The van der Waals surface area contributed by atoms with E-state index >= 15 is 0 Å². The first-order valence-electron chi connectivity index (χ1n) is 8.52. The van der Waals surface area contributed by atoms with Crippen molar-refractivity contribution in [1.29, 1.82) is 0 Å². The van der Waals surface area contributed by atoms with Gasteiger partial charge in [-0.15, -0.1) is 11.5 Å². The molecule has 1 fully saturated rings. The van der Waals surface area contributed by atoms with Gasteiger partial charge in [0, 0.05) is 12.5 Å². The van der Waals surface area contributed by atoms with E-state index in [1.807, 2.05) is 12.1 Å². The average molecular weight is 319 g/mol. The summed E-state index contributed by atoms with van der Waals surface area (Å²) in [6.45, 7) is 7.62. The van der Waals surface area contributed by atoms with E-state index in [0.29, 0.717) is 5.92 Å². The van der Waals surface area contributed by atoms with Gasteiger partial charge in [0.15, 0.2) is 0 Å². The number of hydrogen-bond acceptors (Lipinski definition) is 1. The number of benzene rings is 1. The Morgan fingerprint density at radius 1 is 1.14 bits per heavy atom. The molecule has 0 amide bonds. The minimum absolute atomic E-state index is 0.0644. The van der Waals surface area contributed by atoms with Crippen LogP contribution in [-0.2, 0) is 4.74 Å². The molecule has 0 spiro atoms. The Kier molecular flexibility index (Phi) is 6.23. The van der Waals surface area contributed by atoms with Crippen molar-refractivity contribution < 1.29 is 9.13 Å². The van der Waals surface area contributed by atoms with Crippen LogP contribution >= 0.6 is 0 Å². The van der Waals surface area contributed by atoms with Gasteiger partial charge in [-0.05, 0) is 48.7 Å². The lowest BCUT2D eigenvalue weighted by Gasteiger charge is -2.28. The van der Waals surface area contributed by atoms with E-state index in [2.05, 4.69) is 32.2 Å². The quantitative estimate of drug-likeness (QED) is 0.537. The van der Waals surface area contributed by atoms with E-state index in [9.17, 15) is 4.39 Å². The summed E-state index contributed by atoms with van der Waals surface area (Å²) in [5.74, 6) is 3.81. The Hall–Kier alpha value is -1.11. The Labute approximate surface area is 135 Å². The third-order valence-corrected chi connectivity index (χ3v) is 9.83. The molecule has 0 aromatic heterocycles. The van der Waals surface area contributed by atoms with Crippen LogP contribution in [0.3, 0.4) is 0 Å². The van der Waals surface area contributed by atoms with Crippen molar-refractivity contribution in [3.63, 3.8) is 0 Å². The molecule has 2 rings (SSSR count). The summed E-state index contributed by atoms with van der Waals surface area (Å²) in [4.78, 5) is 0. The second kappa shape index (κ2) is 7.94. The summed E-state index contributed by atoms with van der Waals surface area (Å²) in [7, 11) is -1.36. The normalized spacial score (nSPS) is 22.0. The molecule has 1 aromatic carbocycles. The van der Waals surface area contributed by atoms with E-state index in [1.54, 1.807) is 0 Å². The third-order valence-electron chi connectivity index (χ3n) is 5.10. The minimum atomic E-state index is -1.36. The number of rotatable bonds is 4. The second-order valence-electron chi connectivity index (χ2n) is 6.24. The Balaban J connectivity index is 2.06. The molecule has 2 atom stereocenters. The second-order valence-corrected chi connectivity index (χ2v) is 11.2. The molecule has 0 radical (unpaired) electrons. The van der Waals surface area contributed by atoms with E-state index in [0.717, 1.165) is 25.0 Å². The van der Waals surface area contributed by atoms with Crippen LogP contribution in [0.2, 0.25) is 18.1 Å². The fraction of sp³-hybridized carbons (Fsp3) is 0.579. The predicted octanol–water partition coefficient (Wildman–Crippen LogP) is 5.34. The number of hydrogen-bond donors (Lipinski definition) is 0. The maximum atomic E-state index is 13.0. The fourth-order valence-electron chi connectivity index (χ4n) is 3.11. The molecule has 0 aliphatic carbocycles. The summed E-state index contributed by atoms with van der Waals surface area (Å²) in [5, 5.41) is 0. The van der Waals surface area contributed by atoms with Crippen LogP contribution in [0.4, 0.5) is 4.39 Å². The van der Waals surface area contributed by atoms with Crippen LogP contribution in [0.15, 0.2) is 24.3 Å². The molecule has 1 aromatic rings. The Morgan fingerprint density at radius 3 is 2.36 bits per heavy atom. The van der Waals surface area contributed by atoms with Gasteiger partial charge in [-0.3, -0.25) is 0 Å². The molecule has 1 aliphatic rings. The lowest BCUT2D eigenvalue weighted by Crippen LogP contribution is -2.30. The van der Waals surface area contributed by atoms with Crippen LogP contribution in [-0.4, -0.2) is 14.7 Å². The highest BCUT2D eigenvalue weighted by Crippen LogP contribution is 2.31. The fourth-order valence-corrected chi connectivity index (χ4v) is 5.65. The molecule has 0 unspecified atom stereocenters. The SMILES string of the molecule is CC[Si](C#C[C@H]1CCO[C@@H](c2ccc(F)cc2)C1)(CC)CC. The molecule has 0 saturated carbocycles. The van der Waals surface area contributed by atoms with Crippen molar-refractivity contribution in [3.05, 3.63) is 35.6 Å². The first-order chi connectivity index (χ1) is 10.6. The van der Waals surface area contributed by atoms with E-state index in [-0.39, 0.29) is 11.9 Å². The van der Waals surface area contributed by atoms with Crippen LogP contribution in [0.5, 0.6) is 0 Å². The molecule has 3 heteroatoms. The van der Waals surface area contributed by atoms with Crippen molar-refractivity contribution in [2.24, 2.45) is 5.92 Å². The van der Waals surface area contributed by atoms with Gasteiger partial charge < -0.3 is 4.74 Å². The molecule has 0 bridgehead atoms. The molecular weight excluding hydrogens is 291 g/mol. The van der Waals surface area contributed by atoms with Gasteiger partial charge in [0.25, 0.3) is 0 Å². The number of halogens is 1. The van der Waals surface area contributed by atoms with E-state index in [4.69, 9.17) is 4.74 Å². The molecule has 1 heterocycles. The van der Waals surface area contributed by atoms with Gasteiger partial charge in [-0.25, -0.2) is 4.39 Å². The molecule has 1 nitrogen and oxygen atoms in total. The van der Waals surface area contributed by atoms with Crippen LogP contribution in [0.1, 0.15) is 45.3 Å².